The molecule has 19 nitrogen and oxygen atoms in total. The van der Waals surface area contributed by atoms with Crippen molar-refractivity contribution in [1.82, 2.24) is 5.32 Å². The number of carbonyl (C=O) groups is 1. The normalized spacial score (nSPS) is 27.1. The quantitative estimate of drug-likeness (QED) is 0.0199. The van der Waals surface area contributed by atoms with Crippen molar-refractivity contribution >= 4 is 5.91 Å². The Morgan fingerprint density at radius 3 is 1.12 bits per heavy atom. The first kappa shape index (κ1) is 90.4. The van der Waals surface area contributed by atoms with E-state index in [1.54, 1.807) is 6.08 Å². The van der Waals surface area contributed by atoms with Gasteiger partial charge in [-0.1, -0.05) is 270 Å². The summed E-state index contributed by atoms with van der Waals surface area (Å²) in [6.07, 6.45) is 57.7. The van der Waals surface area contributed by atoms with E-state index < -0.39 is 124 Å². The highest BCUT2D eigenvalue weighted by Crippen LogP contribution is 2.33. The second-order valence-electron chi connectivity index (χ2n) is 27.1. The zero-order chi connectivity index (χ0) is 72.5. The molecule has 3 aliphatic rings. The van der Waals surface area contributed by atoms with Crippen molar-refractivity contribution in [2.75, 3.05) is 26.4 Å². The zero-order valence-electron chi connectivity index (χ0n) is 61.1. The Balaban J connectivity index is 1.31. The molecule has 17 atom stereocenters. The molecule has 3 fully saturated rings. The van der Waals surface area contributed by atoms with E-state index >= 15 is 0 Å². The number of rotatable bonds is 59. The lowest BCUT2D eigenvalue weighted by Gasteiger charge is -2.48. The van der Waals surface area contributed by atoms with E-state index in [0.29, 0.717) is 12.8 Å². The van der Waals surface area contributed by atoms with Crippen LogP contribution in [0.2, 0.25) is 0 Å². The van der Waals surface area contributed by atoms with Crippen LogP contribution < -0.4 is 5.32 Å². The number of aliphatic hydroxyl groups is 11. The molecule has 3 aliphatic heterocycles. The Morgan fingerprint density at radius 2 is 0.700 bits per heavy atom. The Morgan fingerprint density at radius 1 is 0.370 bits per heavy atom. The fraction of sp³-hybridized carbons (Fsp3) is 0.741. The average molecular weight is 1410 g/mol. The van der Waals surface area contributed by atoms with E-state index in [4.69, 9.17) is 28.4 Å². The molecule has 3 rings (SSSR count). The van der Waals surface area contributed by atoms with Crippen molar-refractivity contribution in [3.8, 4) is 0 Å². The van der Waals surface area contributed by atoms with Gasteiger partial charge in [-0.3, -0.25) is 4.79 Å². The third-order valence-corrected chi connectivity index (χ3v) is 18.5. The number of unbranched alkanes of at least 4 members (excludes halogenated alkanes) is 25. The summed E-state index contributed by atoms with van der Waals surface area (Å²) in [6, 6.07) is -0.995. The van der Waals surface area contributed by atoms with Gasteiger partial charge in [0.1, 0.15) is 73.2 Å². The van der Waals surface area contributed by atoms with Gasteiger partial charge in [0, 0.05) is 6.42 Å². The van der Waals surface area contributed by atoms with Gasteiger partial charge < -0.3 is 89.9 Å². The summed E-state index contributed by atoms with van der Waals surface area (Å²) in [6.45, 7) is 1.58. The highest BCUT2D eigenvalue weighted by Gasteiger charge is 2.53. The lowest BCUT2D eigenvalue weighted by molar-refractivity contribution is -0.379. The van der Waals surface area contributed by atoms with Gasteiger partial charge in [0.05, 0.1) is 38.6 Å². The number of hydrogen-bond acceptors (Lipinski definition) is 18. The second kappa shape index (κ2) is 60.5. The van der Waals surface area contributed by atoms with Crippen molar-refractivity contribution in [3.05, 3.63) is 122 Å². The molecule has 19 heteroatoms. The van der Waals surface area contributed by atoms with Crippen molar-refractivity contribution < 1.29 is 89.4 Å². The number of ether oxygens (including phenoxy) is 6. The Bertz CT molecular complexity index is 2280. The van der Waals surface area contributed by atoms with E-state index in [9.17, 15) is 61.0 Å². The second-order valence-corrected chi connectivity index (χ2v) is 27.1. The highest BCUT2D eigenvalue weighted by molar-refractivity contribution is 5.76. The lowest BCUT2D eigenvalue weighted by atomic mass is 9.96. The SMILES string of the molecule is CC/C=C\C/C=C\C/C=C\C/C=C\C/C=C\C/C=C\C/C=C\C/C=C\CCCCCCCCCCCCCCCCCCC(=O)NC(COC1OC(CO)C(OC2OC(CO)C(OC3OC(CO)C(O)C(O)C3O)C(O)C2O)C(O)C1O)C(O)/C=C/CC/C=C/CCCCCCCCCC. The summed E-state index contributed by atoms with van der Waals surface area (Å²) in [5.41, 5.74) is 0. The van der Waals surface area contributed by atoms with Gasteiger partial charge >= 0.3 is 0 Å². The summed E-state index contributed by atoms with van der Waals surface area (Å²) in [5.74, 6) is -0.289. The van der Waals surface area contributed by atoms with Crippen LogP contribution in [-0.2, 0) is 33.2 Å². The molecule has 0 saturated carbocycles. The summed E-state index contributed by atoms with van der Waals surface area (Å²) in [5, 5.41) is 121. The Hall–Kier alpha value is -3.81. The molecule has 0 aromatic heterocycles. The van der Waals surface area contributed by atoms with Gasteiger partial charge in [-0.2, -0.15) is 0 Å². The Kier molecular flexibility index (Phi) is 54.7. The number of carbonyl (C=O) groups excluding carboxylic acids is 1. The van der Waals surface area contributed by atoms with Gasteiger partial charge in [-0.15, -0.1) is 0 Å². The van der Waals surface area contributed by atoms with Crippen LogP contribution in [0.25, 0.3) is 0 Å². The van der Waals surface area contributed by atoms with Crippen LogP contribution in [0.4, 0.5) is 0 Å². The lowest BCUT2D eigenvalue weighted by Crippen LogP contribution is -2.66. The van der Waals surface area contributed by atoms with Crippen molar-refractivity contribution in [2.45, 2.75) is 356 Å². The fourth-order valence-electron chi connectivity index (χ4n) is 12.3. The van der Waals surface area contributed by atoms with Crippen molar-refractivity contribution in [3.63, 3.8) is 0 Å². The first-order chi connectivity index (χ1) is 48.8. The van der Waals surface area contributed by atoms with E-state index in [1.165, 1.54) is 128 Å². The molecule has 0 aromatic carbocycles. The van der Waals surface area contributed by atoms with Gasteiger partial charge in [0.2, 0.25) is 5.91 Å². The van der Waals surface area contributed by atoms with Gasteiger partial charge in [0.15, 0.2) is 18.9 Å². The van der Waals surface area contributed by atoms with E-state index in [1.807, 2.05) is 6.08 Å². The van der Waals surface area contributed by atoms with Crippen LogP contribution >= 0.6 is 0 Å². The van der Waals surface area contributed by atoms with Crippen molar-refractivity contribution in [1.29, 1.82) is 0 Å². The van der Waals surface area contributed by atoms with Gasteiger partial charge in [-0.25, -0.2) is 0 Å². The molecule has 1 amide bonds. The number of allylic oxidation sites excluding steroid dienone is 19. The van der Waals surface area contributed by atoms with Crippen LogP contribution in [0, 0.1) is 0 Å². The maximum absolute atomic E-state index is 13.4. The largest absolute Gasteiger partial charge is 0.394 e. The summed E-state index contributed by atoms with van der Waals surface area (Å²) < 4.78 is 34.3. The minimum absolute atomic E-state index is 0.230. The number of aliphatic hydroxyl groups excluding tert-OH is 11. The van der Waals surface area contributed by atoms with Crippen LogP contribution in [0.3, 0.4) is 0 Å². The molecule has 17 unspecified atom stereocenters. The predicted octanol–water partition coefficient (Wildman–Crippen LogP) is 12.3. The minimum atomic E-state index is -1.98. The molecular formula is C81H137NO18. The minimum Gasteiger partial charge on any atom is -0.394 e. The maximum Gasteiger partial charge on any atom is 0.220 e. The van der Waals surface area contributed by atoms with Crippen LogP contribution in [0.5, 0.6) is 0 Å². The van der Waals surface area contributed by atoms with E-state index in [2.05, 4.69) is 129 Å². The zero-order valence-corrected chi connectivity index (χ0v) is 61.1. The first-order valence-corrected chi connectivity index (χ1v) is 38.8. The highest BCUT2D eigenvalue weighted by atomic mass is 16.8. The molecule has 0 bridgehead atoms. The molecule has 100 heavy (non-hydrogen) atoms. The first-order valence-electron chi connectivity index (χ1n) is 38.8. The van der Waals surface area contributed by atoms with Crippen molar-refractivity contribution in [2.24, 2.45) is 0 Å². The Labute approximate surface area is 601 Å². The van der Waals surface area contributed by atoms with E-state index in [0.717, 1.165) is 89.9 Å². The fourth-order valence-corrected chi connectivity index (χ4v) is 12.3. The molecule has 3 heterocycles. The standard InChI is InChI=1S/C81H137NO18/c1-3-5-7-9-11-13-15-17-19-20-21-22-23-24-25-26-27-28-29-30-31-32-33-34-35-36-37-38-39-40-41-42-43-44-45-47-49-51-53-55-57-59-69(87)82-64(65(86)58-56-54-52-50-48-46-18-16-14-12-10-8-6-4-2)63-95-79-75(93)72(90)77(67(61-84)97-79)100-81-76(94)73(91)78(68(62-85)98-81)99-80-74(92)71(89)70(88)66(60-83)96-80/h5,7,11,13,17,19,21-22,24-25,27-28,30-31,33-34,48,50,56,58,64-68,70-81,83-86,88-94H,3-4,6,8-10,12,14-16,18,20,23,26,29,32,35-47,49,51-55,57,59-63H2,1-2H3,(H,82,87)/b7-5-,13-11-,19-17-,22-21-,25-24-,28-27-,31-30-,34-33-,50-48+,58-56+. The molecule has 0 radical (unpaired) electrons. The summed E-state index contributed by atoms with van der Waals surface area (Å²) in [7, 11) is 0. The average Bonchev–Trinajstić information content (AvgIpc) is 0.783. The number of hydrogen-bond donors (Lipinski definition) is 12. The van der Waals surface area contributed by atoms with Crippen LogP contribution in [0.1, 0.15) is 251 Å². The summed E-state index contributed by atoms with van der Waals surface area (Å²) in [4.78, 5) is 13.4. The smallest absolute Gasteiger partial charge is 0.220 e. The molecule has 0 aliphatic carbocycles. The molecule has 12 N–H and O–H groups in total. The van der Waals surface area contributed by atoms with E-state index in [-0.39, 0.29) is 18.9 Å². The third kappa shape index (κ3) is 40.5. The number of nitrogens with one attached hydrogen (secondary N) is 1. The molecule has 0 aromatic rings. The molecule has 574 valence electrons. The molecule has 0 spiro atoms. The van der Waals surface area contributed by atoms with Crippen LogP contribution in [-0.4, -0.2) is 193 Å². The predicted molar refractivity (Wildman–Crippen MR) is 397 cm³/mol. The molecule has 3 saturated heterocycles. The van der Waals surface area contributed by atoms with Gasteiger partial charge in [-0.05, 0) is 96.3 Å². The molecular weight excluding hydrogens is 1270 g/mol. The van der Waals surface area contributed by atoms with Crippen LogP contribution in [0.15, 0.2) is 122 Å². The maximum atomic E-state index is 13.4. The monoisotopic (exact) mass is 1410 g/mol. The number of amides is 1. The topological polar surface area (TPSA) is 307 Å². The van der Waals surface area contributed by atoms with Gasteiger partial charge in [0.25, 0.3) is 0 Å². The summed E-state index contributed by atoms with van der Waals surface area (Å²) >= 11 is 0. The third-order valence-electron chi connectivity index (χ3n) is 18.5.